The maximum absolute atomic E-state index is 14.3. The first kappa shape index (κ1) is 45.4. The maximum Gasteiger partial charge on any atom is 0.311 e. The minimum Gasteiger partial charge on any atom is -0.459 e. The number of hydrogen-bond donors (Lipinski definition) is 3. The van der Waals surface area contributed by atoms with Crippen molar-refractivity contribution in [3.63, 3.8) is 0 Å². The zero-order chi connectivity index (χ0) is 39.5. The summed E-state index contributed by atoms with van der Waals surface area (Å²) in [4.78, 5) is 18.6. The lowest BCUT2D eigenvalue weighted by molar-refractivity contribution is -0.308. The number of hydrogen-bond acceptors (Lipinski definition) is 13. The van der Waals surface area contributed by atoms with Crippen LogP contribution >= 0.6 is 0 Å². The fourth-order valence-electron chi connectivity index (χ4n) is 9.10. The van der Waals surface area contributed by atoms with E-state index in [0.29, 0.717) is 25.8 Å². The van der Waals surface area contributed by atoms with Crippen LogP contribution in [0.25, 0.3) is 0 Å². The summed E-state index contributed by atoms with van der Waals surface area (Å²) in [5, 5.41) is 35.5. The number of esters is 1. The molecule has 3 N–H and O–H groups in total. The Hall–Kier alpha value is -0.970. The van der Waals surface area contributed by atoms with Crippen LogP contribution < -0.4 is 0 Å². The molecule has 0 aliphatic carbocycles. The smallest absolute Gasteiger partial charge is 0.311 e. The van der Waals surface area contributed by atoms with Crippen molar-refractivity contribution in [1.82, 2.24) is 9.80 Å². The van der Waals surface area contributed by atoms with Crippen molar-refractivity contribution in [2.75, 3.05) is 41.9 Å². The molecule has 0 bridgehead atoms. The van der Waals surface area contributed by atoms with Gasteiger partial charge in [-0.05, 0) is 94.8 Å². The standard InChI is InChI=1S/C39H74N2O11/c1-16-29-39(10,45)35(46-14)26(6)41(13)21-22(2)19-37(8,44)34(52-30-18-28(40(11)12)17-23(3)48-30)24(4)32(25(5)36(43)50-29)51-31-20-38(9,47-15)33(42)27(7)49-31/h22-35,42,44-45H,16-21H2,1-15H3/t22-,23-,24+,25-,26-,27+,28?,29-,30+,31+,32+,33+,34-,35-,37-,38-,39-/m1/s1. The third-order valence-corrected chi connectivity index (χ3v) is 12.3. The average Bonchev–Trinajstić information content (AvgIpc) is 3.05. The normalized spacial score (nSPS) is 48.2. The number of cyclic esters (lactones) is 1. The molecule has 3 saturated heterocycles. The average molecular weight is 747 g/mol. The van der Waals surface area contributed by atoms with Gasteiger partial charge >= 0.3 is 5.97 Å². The van der Waals surface area contributed by atoms with Gasteiger partial charge in [0.2, 0.25) is 0 Å². The Labute approximate surface area is 313 Å². The number of ether oxygens (including phenoxy) is 7. The van der Waals surface area contributed by atoms with Crippen LogP contribution in [0.1, 0.15) is 101 Å². The third-order valence-electron chi connectivity index (χ3n) is 12.3. The van der Waals surface area contributed by atoms with Crippen molar-refractivity contribution in [2.45, 2.75) is 186 Å². The molecule has 3 aliphatic heterocycles. The van der Waals surface area contributed by atoms with Gasteiger partial charge < -0.3 is 58.3 Å². The summed E-state index contributed by atoms with van der Waals surface area (Å²) in [5.74, 6) is -2.09. The fraction of sp³-hybridized carbons (Fsp3) is 0.974. The Bertz CT molecular complexity index is 1130. The van der Waals surface area contributed by atoms with E-state index in [4.69, 9.17) is 33.2 Å². The monoisotopic (exact) mass is 747 g/mol. The summed E-state index contributed by atoms with van der Waals surface area (Å²) in [5.41, 5.74) is -3.91. The number of rotatable bonds is 8. The number of likely N-dealkylation sites (N-methyl/N-ethyl adjacent to an activating group) is 1. The first-order valence-electron chi connectivity index (χ1n) is 19.4. The van der Waals surface area contributed by atoms with Gasteiger partial charge in [0.05, 0.1) is 41.5 Å². The number of carbonyl (C=O) groups is 1. The van der Waals surface area contributed by atoms with E-state index in [1.165, 1.54) is 0 Å². The van der Waals surface area contributed by atoms with Gasteiger partial charge in [-0.1, -0.05) is 20.8 Å². The SMILES string of the molecule is CC[C@H]1OC(=O)[C@H](C)[C@@H](O[C@H]2C[C@@](C)(OC)[C@@H](O)[C@H](C)O2)[C@H](C)[C@@H](O[C@H]2CC(N(C)C)C[C@@H](C)O2)[C@](C)(O)C[C@@H](C)CN(C)[C@H](C)[C@@H](OC)[C@]1(C)O. The van der Waals surface area contributed by atoms with Crippen LogP contribution in [0.5, 0.6) is 0 Å². The summed E-state index contributed by atoms with van der Waals surface area (Å²) in [7, 11) is 9.16. The predicted octanol–water partition coefficient (Wildman–Crippen LogP) is 3.58. The maximum atomic E-state index is 14.3. The van der Waals surface area contributed by atoms with Crippen LogP contribution in [0, 0.1) is 17.8 Å². The Kier molecular flexibility index (Phi) is 16.0. The third kappa shape index (κ3) is 10.5. The van der Waals surface area contributed by atoms with Gasteiger partial charge in [-0.25, -0.2) is 0 Å². The highest BCUT2D eigenvalue weighted by Gasteiger charge is 2.52. The fourth-order valence-corrected chi connectivity index (χ4v) is 9.10. The van der Waals surface area contributed by atoms with Gasteiger partial charge in [0.1, 0.15) is 23.9 Å². The van der Waals surface area contributed by atoms with E-state index in [-0.39, 0.29) is 30.5 Å². The van der Waals surface area contributed by atoms with Gasteiger partial charge in [0.25, 0.3) is 0 Å². The highest BCUT2D eigenvalue weighted by Crippen LogP contribution is 2.40. The minimum atomic E-state index is -1.54. The predicted molar refractivity (Wildman–Crippen MR) is 198 cm³/mol. The molecule has 0 radical (unpaired) electrons. The molecule has 0 aromatic rings. The number of carbonyl (C=O) groups excluding carboxylic acids is 1. The number of nitrogens with zero attached hydrogens (tertiary/aromatic N) is 2. The van der Waals surface area contributed by atoms with Crippen molar-refractivity contribution in [2.24, 2.45) is 17.8 Å². The second-order valence-electron chi connectivity index (χ2n) is 17.3. The van der Waals surface area contributed by atoms with Crippen molar-refractivity contribution in [1.29, 1.82) is 0 Å². The van der Waals surface area contributed by atoms with Crippen LogP contribution in [0.3, 0.4) is 0 Å². The number of aliphatic hydroxyl groups is 3. The zero-order valence-electron chi connectivity index (χ0n) is 34.8. The zero-order valence-corrected chi connectivity index (χ0v) is 34.8. The van der Waals surface area contributed by atoms with Gasteiger partial charge in [-0.15, -0.1) is 0 Å². The molecule has 0 aromatic heterocycles. The number of aliphatic hydroxyl groups excluding tert-OH is 1. The second kappa shape index (κ2) is 18.3. The summed E-state index contributed by atoms with van der Waals surface area (Å²) < 4.78 is 44.1. The quantitative estimate of drug-likeness (QED) is 0.311. The summed E-state index contributed by atoms with van der Waals surface area (Å²) in [6, 6.07) is -0.0465. The molecule has 306 valence electrons. The number of methoxy groups -OCH3 is 2. The summed E-state index contributed by atoms with van der Waals surface area (Å²) >= 11 is 0. The molecule has 13 heteroatoms. The largest absolute Gasteiger partial charge is 0.459 e. The molecular formula is C39H74N2O11. The molecule has 52 heavy (non-hydrogen) atoms. The lowest BCUT2D eigenvalue weighted by atomic mass is 9.77. The van der Waals surface area contributed by atoms with Crippen molar-refractivity contribution < 1.29 is 53.3 Å². The van der Waals surface area contributed by atoms with Crippen LogP contribution in [-0.4, -0.2) is 157 Å². The Morgan fingerprint density at radius 1 is 0.923 bits per heavy atom. The van der Waals surface area contributed by atoms with E-state index in [2.05, 4.69) is 16.7 Å². The molecule has 3 aliphatic rings. The van der Waals surface area contributed by atoms with E-state index >= 15 is 0 Å². The summed E-state index contributed by atoms with van der Waals surface area (Å²) in [6.07, 6.45) is -4.04. The molecule has 13 nitrogen and oxygen atoms in total. The first-order valence-corrected chi connectivity index (χ1v) is 19.4. The Balaban J connectivity index is 2.16. The molecule has 0 aromatic carbocycles. The van der Waals surface area contributed by atoms with Crippen molar-refractivity contribution in [3.8, 4) is 0 Å². The molecule has 0 spiro atoms. The highest BCUT2D eigenvalue weighted by atomic mass is 16.7. The molecule has 1 unspecified atom stereocenters. The first-order chi connectivity index (χ1) is 24.0. The van der Waals surface area contributed by atoms with E-state index in [0.717, 1.165) is 6.42 Å². The molecule has 0 amide bonds. The minimum absolute atomic E-state index is 0.0165. The second-order valence-corrected chi connectivity index (χ2v) is 17.3. The van der Waals surface area contributed by atoms with Crippen molar-refractivity contribution in [3.05, 3.63) is 0 Å². The van der Waals surface area contributed by atoms with E-state index < -0.39 is 83.8 Å². The van der Waals surface area contributed by atoms with Crippen LogP contribution in [0.2, 0.25) is 0 Å². The van der Waals surface area contributed by atoms with Crippen LogP contribution in [0.4, 0.5) is 0 Å². The van der Waals surface area contributed by atoms with Gasteiger partial charge in [-0.3, -0.25) is 4.79 Å². The lowest BCUT2D eigenvalue weighted by Gasteiger charge is -2.48. The lowest BCUT2D eigenvalue weighted by Crippen LogP contribution is -2.60. The van der Waals surface area contributed by atoms with E-state index in [1.54, 1.807) is 41.9 Å². The van der Waals surface area contributed by atoms with Crippen molar-refractivity contribution >= 4 is 5.97 Å². The molecule has 3 rings (SSSR count). The molecular weight excluding hydrogens is 672 g/mol. The summed E-state index contributed by atoms with van der Waals surface area (Å²) in [6.45, 7) is 19.2. The topological polar surface area (TPSA) is 149 Å². The Morgan fingerprint density at radius 3 is 2.12 bits per heavy atom. The van der Waals surface area contributed by atoms with E-state index in [9.17, 15) is 20.1 Å². The molecule has 0 saturated carbocycles. The molecule has 3 heterocycles. The Morgan fingerprint density at radius 2 is 1.56 bits per heavy atom. The highest BCUT2D eigenvalue weighted by molar-refractivity contribution is 5.73. The van der Waals surface area contributed by atoms with Gasteiger partial charge in [0, 0.05) is 51.6 Å². The van der Waals surface area contributed by atoms with Gasteiger partial charge in [0.15, 0.2) is 12.6 Å². The van der Waals surface area contributed by atoms with Crippen LogP contribution in [0.15, 0.2) is 0 Å². The van der Waals surface area contributed by atoms with Crippen LogP contribution in [-0.2, 0) is 38.0 Å². The van der Waals surface area contributed by atoms with Gasteiger partial charge in [-0.2, -0.15) is 0 Å². The molecule has 3 fully saturated rings. The molecule has 17 atom stereocenters. The van der Waals surface area contributed by atoms with E-state index in [1.807, 2.05) is 55.8 Å².